The van der Waals surface area contributed by atoms with Gasteiger partial charge in [0.15, 0.2) is 0 Å². The van der Waals surface area contributed by atoms with Crippen molar-refractivity contribution < 1.29 is 9.90 Å². The van der Waals surface area contributed by atoms with Crippen LogP contribution in [-0.2, 0) is 0 Å². The summed E-state index contributed by atoms with van der Waals surface area (Å²) in [6, 6.07) is 3.46. The Morgan fingerprint density at radius 2 is 2.17 bits per heavy atom. The van der Waals surface area contributed by atoms with E-state index in [1.54, 1.807) is 32.4 Å². The third-order valence-corrected chi connectivity index (χ3v) is 2.74. The first-order chi connectivity index (χ1) is 8.45. The summed E-state index contributed by atoms with van der Waals surface area (Å²) in [5.41, 5.74) is 1.19. The van der Waals surface area contributed by atoms with E-state index in [9.17, 15) is 9.90 Å². The number of rotatable bonds is 5. The largest absolute Gasteiger partial charge is 0.394 e. The molecule has 2 N–H and O–H groups in total. The maximum Gasteiger partial charge on any atom is 0.272 e. The quantitative estimate of drug-likeness (QED) is 0.825. The van der Waals surface area contributed by atoms with Crippen molar-refractivity contribution in [1.82, 2.24) is 9.88 Å². The van der Waals surface area contributed by atoms with E-state index < -0.39 is 0 Å². The summed E-state index contributed by atoms with van der Waals surface area (Å²) in [5.74, 6) is 0.167. The van der Waals surface area contributed by atoms with E-state index in [4.69, 9.17) is 0 Å². The molecule has 0 aliphatic heterocycles. The predicted molar refractivity (Wildman–Crippen MR) is 71.6 cm³/mol. The number of hydrogen-bond acceptors (Lipinski definition) is 4. The molecule has 1 unspecified atom stereocenters. The predicted octanol–water partition coefficient (Wildman–Crippen LogP) is 1.21. The molecule has 5 nitrogen and oxygen atoms in total. The first kappa shape index (κ1) is 14.4. The molecule has 18 heavy (non-hydrogen) atoms. The highest BCUT2D eigenvalue weighted by molar-refractivity contribution is 5.92. The van der Waals surface area contributed by atoms with Crippen LogP contribution in [-0.4, -0.2) is 47.6 Å². The van der Waals surface area contributed by atoms with Gasteiger partial charge in [-0.3, -0.25) is 9.78 Å². The smallest absolute Gasteiger partial charge is 0.272 e. The number of anilines is 1. The summed E-state index contributed by atoms with van der Waals surface area (Å²) in [6.07, 6.45) is 1.59. The number of aromatic nitrogens is 1. The van der Waals surface area contributed by atoms with Crippen molar-refractivity contribution in [3.63, 3.8) is 0 Å². The van der Waals surface area contributed by atoms with E-state index in [-0.39, 0.29) is 18.6 Å². The van der Waals surface area contributed by atoms with E-state index in [2.05, 4.69) is 10.3 Å². The lowest BCUT2D eigenvalue weighted by atomic mass is 10.1. The Bertz CT molecular complexity index is 405. The van der Waals surface area contributed by atoms with Crippen LogP contribution in [0, 0.1) is 5.92 Å². The first-order valence-corrected chi connectivity index (χ1v) is 6.00. The number of carbonyl (C=O) groups excluding carboxylic acids is 1. The standard InChI is InChI=1S/C13H21N3O2/c1-9(2)12(8-17)15-10-5-6-14-11(7-10)13(18)16(3)4/h5-7,9,12,17H,8H2,1-4H3,(H,14,15). The molecule has 0 bridgehead atoms. The number of nitrogens with one attached hydrogen (secondary N) is 1. The van der Waals surface area contributed by atoms with Gasteiger partial charge in [0, 0.05) is 26.0 Å². The minimum Gasteiger partial charge on any atom is -0.394 e. The molecule has 0 saturated carbocycles. The molecule has 0 radical (unpaired) electrons. The topological polar surface area (TPSA) is 65.5 Å². The molecule has 1 atom stereocenters. The number of nitrogens with zero attached hydrogens (tertiary/aromatic N) is 2. The Morgan fingerprint density at radius 3 is 2.67 bits per heavy atom. The first-order valence-electron chi connectivity index (χ1n) is 6.00. The summed E-state index contributed by atoms with van der Waals surface area (Å²) < 4.78 is 0. The van der Waals surface area contributed by atoms with Crippen LogP contribution in [0.4, 0.5) is 5.69 Å². The summed E-state index contributed by atoms with van der Waals surface area (Å²) in [5, 5.41) is 12.5. The van der Waals surface area contributed by atoms with Gasteiger partial charge in [-0.05, 0) is 18.1 Å². The van der Waals surface area contributed by atoms with Gasteiger partial charge in [0.1, 0.15) is 5.69 Å². The molecule has 1 rings (SSSR count). The van der Waals surface area contributed by atoms with Gasteiger partial charge >= 0.3 is 0 Å². The van der Waals surface area contributed by atoms with Crippen molar-refractivity contribution in [2.75, 3.05) is 26.0 Å². The number of aliphatic hydroxyl groups is 1. The monoisotopic (exact) mass is 251 g/mol. The molecule has 0 aliphatic carbocycles. The summed E-state index contributed by atoms with van der Waals surface area (Å²) in [7, 11) is 3.38. The maximum absolute atomic E-state index is 11.8. The Morgan fingerprint density at radius 1 is 1.50 bits per heavy atom. The lowest BCUT2D eigenvalue weighted by Crippen LogP contribution is -2.29. The average Bonchev–Trinajstić information content (AvgIpc) is 2.34. The fraction of sp³-hybridized carbons (Fsp3) is 0.538. The van der Waals surface area contributed by atoms with Gasteiger partial charge < -0.3 is 15.3 Å². The van der Waals surface area contributed by atoms with Gasteiger partial charge in [0.05, 0.1) is 12.6 Å². The molecule has 1 amide bonds. The number of amides is 1. The zero-order valence-corrected chi connectivity index (χ0v) is 11.3. The Balaban J connectivity index is 2.85. The van der Waals surface area contributed by atoms with Gasteiger partial charge in [-0.25, -0.2) is 0 Å². The van der Waals surface area contributed by atoms with Crippen molar-refractivity contribution in [1.29, 1.82) is 0 Å². The lowest BCUT2D eigenvalue weighted by molar-refractivity contribution is 0.0822. The highest BCUT2D eigenvalue weighted by Gasteiger charge is 2.14. The number of hydrogen-bond donors (Lipinski definition) is 2. The van der Waals surface area contributed by atoms with Crippen molar-refractivity contribution in [2.24, 2.45) is 5.92 Å². The number of pyridine rings is 1. The van der Waals surface area contributed by atoms with Crippen LogP contribution in [0.3, 0.4) is 0 Å². The fourth-order valence-electron chi connectivity index (χ4n) is 1.50. The number of carbonyl (C=O) groups is 1. The lowest BCUT2D eigenvalue weighted by Gasteiger charge is -2.21. The van der Waals surface area contributed by atoms with E-state index in [0.29, 0.717) is 11.6 Å². The molecule has 1 aromatic rings. The minimum atomic E-state index is -0.135. The molecule has 0 spiro atoms. The fourth-order valence-corrected chi connectivity index (χ4v) is 1.50. The second kappa shape index (κ2) is 6.35. The van der Waals surface area contributed by atoms with Gasteiger partial charge in [-0.1, -0.05) is 13.8 Å². The van der Waals surface area contributed by atoms with E-state index in [1.165, 1.54) is 4.90 Å². The average molecular weight is 251 g/mol. The van der Waals surface area contributed by atoms with Gasteiger partial charge in [-0.2, -0.15) is 0 Å². The molecule has 0 aromatic carbocycles. The summed E-state index contributed by atoms with van der Waals surface area (Å²) >= 11 is 0. The van der Waals surface area contributed by atoms with Crippen LogP contribution >= 0.6 is 0 Å². The van der Waals surface area contributed by atoms with Gasteiger partial charge in [-0.15, -0.1) is 0 Å². The number of aliphatic hydroxyl groups excluding tert-OH is 1. The van der Waals surface area contributed by atoms with Crippen LogP contribution in [0.1, 0.15) is 24.3 Å². The minimum absolute atomic E-state index is 0.0327. The van der Waals surface area contributed by atoms with Crippen LogP contribution in [0.2, 0.25) is 0 Å². The van der Waals surface area contributed by atoms with Crippen molar-refractivity contribution >= 4 is 11.6 Å². The zero-order chi connectivity index (χ0) is 13.7. The molecule has 100 valence electrons. The van der Waals surface area contributed by atoms with Gasteiger partial charge in [0.25, 0.3) is 5.91 Å². The van der Waals surface area contributed by atoms with Gasteiger partial charge in [0.2, 0.25) is 0 Å². The third kappa shape index (κ3) is 3.70. The molecular formula is C13H21N3O2. The van der Waals surface area contributed by atoms with Crippen molar-refractivity contribution in [3.8, 4) is 0 Å². The molecular weight excluding hydrogens is 230 g/mol. The molecule has 0 aliphatic rings. The van der Waals surface area contributed by atoms with Crippen LogP contribution < -0.4 is 5.32 Å². The van der Waals surface area contributed by atoms with E-state index >= 15 is 0 Å². The third-order valence-electron chi connectivity index (χ3n) is 2.74. The summed E-state index contributed by atoms with van der Waals surface area (Å²) in [4.78, 5) is 17.3. The Kier molecular flexibility index (Phi) is 5.09. The van der Waals surface area contributed by atoms with Crippen molar-refractivity contribution in [3.05, 3.63) is 24.0 Å². The Labute approximate surface area is 108 Å². The zero-order valence-electron chi connectivity index (χ0n) is 11.3. The van der Waals surface area contributed by atoms with Crippen molar-refractivity contribution in [2.45, 2.75) is 19.9 Å². The van der Waals surface area contributed by atoms with Crippen LogP contribution in [0.15, 0.2) is 18.3 Å². The van der Waals surface area contributed by atoms with Crippen LogP contribution in [0.5, 0.6) is 0 Å². The molecule has 0 fully saturated rings. The molecule has 1 heterocycles. The van der Waals surface area contributed by atoms with E-state index in [0.717, 1.165) is 5.69 Å². The highest BCUT2D eigenvalue weighted by atomic mass is 16.3. The van der Waals surface area contributed by atoms with Crippen LogP contribution in [0.25, 0.3) is 0 Å². The second-order valence-corrected chi connectivity index (χ2v) is 4.81. The normalized spacial score (nSPS) is 12.3. The molecule has 0 saturated heterocycles. The SMILES string of the molecule is CC(C)C(CO)Nc1ccnc(C(=O)N(C)C)c1. The maximum atomic E-state index is 11.8. The second-order valence-electron chi connectivity index (χ2n) is 4.81. The molecule has 1 aromatic heterocycles. The highest BCUT2D eigenvalue weighted by Crippen LogP contribution is 2.13. The molecule has 5 heteroatoms. The summed E-state index contributed by atoms with van der Waals surface area (Å²) in [6.45, 7) is 4.11. The Hall–Kier alpha value is -1.62. The van der Waals surface area contributed by atoms with E-state index in [1.807, 2.05) is 13.8 Å².